The number of hydrogen-bond acceptors (Lipinski definition) is 6. The number of aromatic nitrogens is 3. The normalized spacial score (nSPS) is 15.4. The van der Waals surface area contributed by atoms with Gasteiger partial charge >= 0.3 is 0 Å². The van der Waals surface area contributed by atoms with Gasteiger partial charge in [0.15, 0.2) is 11.5 Å². The Morgan fingerprint density at radius 3 is 2.41 bits per heavy atom. The zero-order chi connectivity index (χ0) is 18.8. The number of fused-ring (bicyclic) bond motifs is 1. The van der Waals surface area contributed by atoms with E-state index in [1.54, 1.807) is 27.7 Å². The van der Waals surface area contributed by atoms with Gasteiger partial charge in [-0.15, -0.1) is 0 Å². The second-order valence-corrected chi connectivity index (χ2v) is 6.02. The van der Waals surface area contributed by atoms with Gasteiger partial charge in [0.25, 0.3) is 0 Å². The van der Waals surface area contributed by atoms with Crippen LogP contribution in [-0.4, -0.2) is 36.1 Å². The van der Waals surface area contributed by atoms with Crippen LogP contribution < -0.4 is 19.5 Å². The summed E-state index contributed by atoms with van der Waals surface area (Å²) in [6, 6.07) is 13.6. The van der Waals surface area contributed by atoms with E-state index in [-0.39, 0.29) is 6.04 Å². The third-order valence-electron chi connectivity index (χ3n) is 4.56. The number of allylic oxidation sites excluding steroid dienone is 1. The van der Waals surface area contributed by atoms with Gasteiger partial charge in [0, 0.05) is 5.70 Å². The van der Waals surface area contributed by atoms with Crippen LogP contribution in [0.4, 0.5) is 5.95 Å². The summed E-state index contributed by atoms with van der Waals surface area (Å²) in [6.45, 7) is 0. The van der Waals surface area contributed by atoms with Gasteiger partial charge in [0.1, 0.15) is 18.1 Å². The first-order valence-electron chi connectivity index (χ1n) is 8.48. The summed E-state index contributed by atoms with van der Waals surface area (Å²) in [5.41, 5.74) is 3.01. The Hall–Kier alpha value is -3.48. The summed E-state index contributed by atoms with van der Waals surface area (Å²) in [5, 5.41) is 7.71. The zero-order valence-corrected chi connectivity index (χ0v) is 15.3. The van der Waals surface area contributed by atoms with Crippen LogP contribution in [0.15, 0.2) is 54.9 Å². The van der Waals surface area contributed by atoms with Crippen LogP contribution in [0.1, 0.15) is 17.2 Å². The molecule has 0 aliphatic carbocycles. The molecule has 1 atom stereocenters. The van der Waals surface area contributed by atoms with Gasteiger partial charge in [-0.05, 0) is 53.6 Å². The molecule has 0 spiro atoms. The van der Waals surface area contributed by atoms with Crippen molar-refractivity contribution in [2.24, 2.45) is 0 Å². The second-order valence-electron chi connectivity index (χ2n) is 6.02. The largest absolute Gasteiger partial charge is 0.497 e. The molecule has 1 aromatic heterocycles. The van der Waals surface area contributed by atoms with Crippen molar-refractivity contribution < 1.29 is 14.2 Å². The van der Waals surface area contributed by atoms with Gasteiger partial charge in [-0.2, -0.15) is 10.1 Å². The lowest BCUT2D eigenvalue weighted by atomic mass is 10.0. The van der Waals surface area contributed by atoms with Crippen molar-refractivity contribution in [1.82, 2.24) is 14.8 Å². The number of methoxy groups -OCH3 is 3. The van der Waals surface area contributed by atoms with Gasteiger partial charge in [0.05, 0.1) is 21.3 Å². The molecule has 3 aromatic rings. The van der Waals surface area contributed by atoms with Crippen LogP contribution in [0.3, 0.4) is 0 Å². The molecule has 0 saturated heterocycles. The molecular weight excluding hydrogens is 344 g/mol. The minimum absolute atomic E-state index is 0.124. The van der Waals surface area contributed by atoms with E-state index in [1.807, 2.05) is 47.1 Å². The lowest BCUT2D eigenvalue weighted by Gasteiger charge is -2.25. The zero-order valence-electron chi connectivity index (χ0n) is 15.3. The predicted molar refractivity (Wildman–Crippen MR) is 102 cm³/mol. The molecule has 2 aromatic carbocycles. The van der Waals surface area contributed by atoms with Crippen molar-refractivity contribution >= 4 is 11.6 Å². The van der Waals surface area contributed by atoms with Crippen molar-refractivity contribution in [2.75, 3.05) is 26.6 Å². The standard InChI is InChI=1S/C20H20N4O3/c1-25-15-7-4-13(5-8-15)16-11-17(24-20(23-16)21-12-22-24)14-6-9-18(26-2)19(10-14)27-3/h4-12,17H,1-3H3,(H,21,22,23)/t17-/m1/s1. The Balaban J connectivity index is 1.77. The fourth-order valence-corrected chi connectivity index (χ4v) is 3.15. The maximum absolute atomic E-state index is 5.45. The highest BCUT2D eigenvalue weighted by molar-refractivity contribution is 5.77. The van der Waals surface area contributed by atoms with E-state index in [0.717, 1.165) is 22.6 Å². The highest BCUT2D eigenvalue weighted by Crippen LogP contribution is 2.36. The number of ether oxygens (including phenoxy) is 3. The topological polar surface area (TPSA) is 70.4 Å². The first kappa shape index (κ1) is 17.0. The molecule has 27 heavy (non-hydrogen) atoms. The average molecular weight is 364 g/mol. The third-order valence-corrected chi connectivity index (χ3v) is 4.56. The number of nitrogens with zero attached hydrogens (tertiary/aromatic N) is 3. The molecule has 7 heteroatoms. The number of benzene rings is 2. The Kier molecular flexibility index (Phi) is 4.42. The molecular formula is C20H20N4O3. The molecule has 0 radical (unpaired) electrons. The molecule has 4 rings (SSSR count). The fraction of sp³-hybridized carbons (Fsp3) is 0.200. The first-order chi connectivity index (χ1) is 13.2. The summed E-state index contributed by atoms with van der Waals surface area (Å²) in [7, 11) is 4.91. The summed E-state index contributed by atoms with van der Waals surface area (Å²) in [6.07, 6.45) is 3.66. The smallest absolute Gasteiger partial charge is 0.226 e. The minimum Gasteiger partial charge on any atom is -0.497 e. The van der Waals surface area contributed by atoms with Crippen molar-refractivity contribution in [3.05, 3.63) is 66.0 Å². The second kappa shape index (κ2) is 7.03. The summed E-state index contributed by atoms with van der Waals surface area (Å²) >= 11 is 0. The maximum atomic E-state index is 5.45. The van der Waals surface area contributed by atoms with Gasteiger partial charge in [-0.25, -0.2) is 4.68 Å². The van der Waals surface area contributed by atoms with Crippen LogP contribution in [0.5, 0.6) is 17.2 Å². The number of rotatable bonds is 5. The van der Waals surface area contributed by atoms with E-state index >= 15 is 0 Å². The molecule has 1 N–H and O–H groups in total. The average Bonchev–Trinajstić information content (AvgIpc) is 3.21. The highest BCUT2D eigenvalue weighted by atomic mass is 16.5. The molecule has 0 bridgehead atoms. The minimum atomic E-state index is -0.124. The number of anilines is 1. The molecule has 0 saturated carbocycles. The van der Waals surface area contributed by atoms with Gasteiger partial charge in [0.2, 0.25) is 5.95 Å². The van der Waals surface area contributed by atoms with Gasteiger partial charge in [-0.1, -0.05) is 6.07 Å². The molecule has 7 nitrogen and oxygen atoms in total. The van der Waals surface area contributed by atoms with E-state index < -0.39 is 0 Å². The van der Waals surface area contributed by atoms with E-state index in [2.05, 4.69) is 21.5 Å². The fourth-order valence-electron chi connectivity index (χ4n) is 3.15. The Bertz CT molecular complexity index is 979. The van der Waals surface area contributed by atoms with E-state index in [1.165, 1.54) is 0 Å². The first-order valence-corrected chi connectivity index (χ1v) is 8.48. The van der Waals surface area contributed by atoms with Crippen molar-refractivity contribution in [1.29, 1.82) is 0 Å². The summed E-state index contributed by atoms with van der Waals surface area (Å²) < 4.78 is 17.9. The molecule has 0 unspecified atom stereocenters. The van der Waals surface area contributed by atoms with Crippen molar-refractivity contribution in [3.63, 3.8) is 0 Å². The quantitative estimate of drug-likeness (QED) is 0.749. The van der Waals surface area contributed by atoms with Crippen LogP contribution in [0.2, 0.25) is 0 Å². The maximum Gasteiger partial charge on any atom is 0.226 e. The Labute approximate surface area is 157 Å². The lowest BCUT2D eigenvalue weighted by Crippen LogP contribution is -2.20. The highest BCUT2D eigenvalue weighted by Gasteiger charge is 2.24. The third kappa shape index (κ3) is 3.08. The molecule has 0 fully saturated rings. The summed E-state index contributed by atoms with van der Waals surface area (Å²) in [5.74, 6) is 2.86. The molecule has 1 aliphatic heterocycles. The van der Waals surface area contributed by atoms with E-state index in [4.69, 9.17) is 14.2 Å². The van der Waals surface area contributed by atoms with E-state index in [0.29, 0.717) is 17.4 Å². The van der Waals surface area contributed by atoms with Crippen molar-refractivity contribution in [2.45, 2.75) is 6.04 Å². The van der Waals surface area contributed by atoms with Gasteiger partial charge < -0.3 is 19.5 Å². The van der Waals surface area contributed by atoms with Crippen LogP contribution in [0.25, 0.3) is 5.70 Å². The predicted octanol–water partition coefficient (Wildman–Crippen LogP) is 3.36. The molecule has 2 heterocycles. The summed E-state index contributed by atoms with van der Waals surface area (Å²) in [4.78, 5) is 4.34. The Morgan fingerprint density at radius 1 is 0.926 bits per heavy atom. The van der Waals surface area contributed by atoms with Crippen LogP contribution >= 0.6 is 0 Å². The molecule has 138 valence electrons. The molecule has 0 amide bonds. The van der Waals surface area contributed by atoms with Crippen molar-refractivity contribution in [3.8, 4) is 17.2 Å². The number of hydrogen-bond donors (Lipinski definition) is 1. The molecule has 1 aliphatic rings. The monoisotopic (exact) mass is 364 g/mol. The SMILES string of the molecule is COc1ccc(C2=C[C@H](c3ccc(OC)c(OC)c3)n3ncnc3N2)cc1. The van der Waals surface area contributed by atoms with Crippen LogP contribution in [0, 0.1) is 0 Å². The number of nitrogens with one attached hydrogen (secondary N) is 1. The van der Waals surface area contributed by atoms with Gasteiger partial charge in [-0.3, -0.25) is 0 Å². The van der Waals surface area contributed by atoms with E-state index in [9.17, 15) is 0 Å². The van der Waals surface area contributed by atoms with Crippen LogP contribution in [-0.2, 0) is 0 Å². The Morgan fingerprint density at radius 2 is 1.70 bits per heavy atom. The lowest BCUT2D eigenvalue weighted by molar-refractivity contribution is 0.354.